The van der Waals surface area contributed by atoms with E-state index in [1.165, 1.54) is 69.1 Å². The number of carboxylic acids is 1. The normalized spacial score (nSPS) is 12.6. The number of hydrogen-bond donors (Lipinski definition) is 12. The maximum atomic E-state index is 13.8. The zero-order valence-corrected chi connectivity index (χ0v) is 82.9. The molecule has 0 saturated carbocycles. The lowest BCUT2D eigenvalue weighted by Gasteiger charge is -2.28. The number of amides is 2. The van der Waals surface area contributed by atoms with Gasteiger partial charge in [-0.05, 0) is 203 Å². The van der Waals surface area contributed by atoms with E-state index in [4.69, 9.17) is 25.3 Å². The Morgan fingerprint density at radius 2 is 0.650 bits per heavy atom. The molecule has 9 atom stereocenters. The third-order valence-corrected chi connectivity index (χ3v) is 22.8. The van der Waals surface area contributed by atoms with Gasteiger partial charge in [-0.3, -0.25) is 69.3 Å². The number of halogens is 3. The van der Waals surface area contributed by atoms with Gasteiger partial charge >= 0.3 is 29.8 Å². The fourth-order valence-electron chi connectivity index (χ4n) is 14.8. The molecule has 0 spiro atoms. The van der Waals surface area contributed by atoms with Crippen LogP contribution in [0, 0.1) is 70.9 Å². The predicted molar refractivity (Wildman–Crippen MR) is 543 cm³/mol. The third kappa shape index (κ3) is 27.5. The number of ether oxygens (including phenoxy) is 4. The number of aromatic amines is 5. The number of hydrogen-bond acceptors (Lipinski definition) is 21. The minimum atomic E-state index is -1.38. The Morgan fingerprint density at radius 3 is 0.930 bits per heavy atom. The van der Waals surface area contributed by atoms with Crippen LogP contribution in [0.15, 0.2) is 263 Å². The maximum absolute atomic E-state index is 13.8. The standard InChI is InChI=1S/C21H20N2O3.C20H18N2O4.C19H17N3O4.C19H16N2O4.C14H18BrFN2O3.C13H15BrN2O3/c1-14(2)19(21(25)26-3)23-20(24)17-12-11-16(13-18(17)22-23)10-9-15-7-5-4-6-8-15;1-13(23)18(20(25)26-2)22-19(24)16-11-10-15(12-17(16)21-22)9-8-14-6-4-3-5-7-14;1-12(23)17(18(24)21-26)22-19(25)15-10-9-14(11-16(15)20-22)8-7-13-5-3-2-4-6-13;1-12(22)17(19(24)25)21-18(23)15-10-9-14(11-16(15)20-21)8-7-13-5-3-2-4-6-13;1-4-21-14(20)12(8(2)3)18(17)13(19)10-6-5-9(15)7-11(10)16;1-7(2)11(13(18)19-3)16-12(17)9-5-4-8(14)6-10(9)15-16/h4-8,11-14,19,22H,1-3H3;3-7,10-13,18,21,23H,1-2H3;2-6,9-12,17,20,23,26H,1H3,(H,21,24);2-6,9-12,17,20,22H,1H3,(H,24,25);5-8,12H,4,17H2,1-3H3;4-7,11,15H,1-3H3/t;13-,18?;2*12-,17?;;/m.111../s1. The lowest BCUT2D eigenvalue weighted by atomic mass is 10.0. The number of esters is 4. The van der Waals surface area contributed by atoms with Crippen LogP contribution in [-0.2, 0) is 47.7 Å². The average molecular weight is 2070 g/mol. The second-order valence-electron chi connectivity index (χ2n) is 33.2. The van der Waals surface area contributed by atoms with Crippen molar-refractivity contribution in [3.8, 4) is 47.4 Å². The topological polar surface area (TPSA) is 488 Å². The maximum Gasteiger partial charge on any atom is 0.333 e. The monoisotopic (exact) mass is 2070 g/mol. The molecular weight excluding hydrogens is 1970 g/mol. The van der Waals surface area contributed by atoms with Crippen molar-refractivity contribution < 1.29 is 82.5 Å². The van der Waals surface area contributed by atoms with Crippen LogP contribution in [0.1, 0.15) is 154 Å². The molecule has 10 aromatic carbocycles. The summed E-state index contributed by atoms with van der Waals surface area (Å²) in [6, 6.07) is 61.9. The minimum absolute atomic E-state index is 0.0540. The first-order valence-electron chi connectivity index (χ1n) is 44.5. The zero-order valence-electron chi connectivity index (χ0n) is 79.7. The van der Waals surface area contributed by atoms with Crippen molar-refractivity contribution in [3.63, 3.8) is 0 Å². The molecule has 15 rings (SSSR count). The highest BCUT2D eigenvalue weighted by Crippen LogP contribution is 2.27. The SMILES string of the molecule is CCOC(=O)C(C(C)C)N(N)C(=O)c1ccc(Br)cc1F.COC(=O)C(C(C)C)n1[nH]c2cc(Br)ccc2c1=O.COC(=O)C(C(C)C)n1[nH]c2cc(C#Cc3ccccc3)ccc2c1=O.COC(=O)C([C@@H](C)O)n1[nH]c2cc(C#Cc3ccccc3)ccc2c1=O.C[C@@H](O)C(C(=O)NO)n1[nH]c2cc(C#Cc3ccccc3)ccc2c1=O.C[C@@H](O)C(C(=O)O)n1[nH]c2cc(C#Cc3ccccc3)ccc2c1=O. The van der Waals surface area contributed by atoms with Gasteiger partial charge in [-0.1, -0.05) is 194 Å². The molecule has 5 aromatic heterocycles. The number of nitrogens with zero attached hydrogens (tertiary/aromatic N) is 6. The van der Waals surface area contributed by atoms with E-state index in [1.807, 2.05) is 161 Å². The van der Waals surface area contributed by atoms with E-state index in [0.29, 0.717) is 70.1 Å². The Hall–Kier alpha value is -16.2. The quantitative estimate of drug-likeness (QED) is 0.00641. The predicted octanol–water partition coefficient (Wildman–Crippen LogP) is 12.8. The molecule has 2 amide bonds. The van der Waals surface area contributed by atoms with Gasteiger partial charge in [-0.2, -0.15) is 0 Å². The van der Waals surface area contributed by atoms with Crippen LogP contribution in [0.2, 0.25) is 0 Å². The smallest absolute Gasteiger partial charge is 0.333 e. The van der Waals surface area contributed by atoms with Gasteiger partial charge in [-0.25, -0.2) is 63.1 Å². The molecule has 740 valence electrons. The highest BCUT2D eigenvalue weighted by molar-refractivity contribution is 9.10. The number of benzene rings is 10. The number of aliphatic hydroxyl groups excluding tert-OH is 3. The summed E-state index contributed by atoms with van der Waals surface area (Å²) in [7, 11) is 3.85. The highest BCUT2D eigenvalue weighted by atomic mass is 79.9. The molecule has 0 saturated heterocycles. The van der Waals surface area contributed by atoms with Crippen LogP contribution in [-0.4, -0.2) is 173 Å². The van der Waals surface area contributed by atoms with Gasteiger partial charge in [0.15, 0.2) is 30.2 Å². The van der Waals surface area contributed by atoms with Gasteiger partial charge in [-0.15, -0.1) is 0 Å². The molecule has 13 N–H and O–H groups in total. The Labute approximate surface area is 834 Å². The Morgan fingerprint density at radius 1 is 0.378 bits per heavy atom. The first kappa shape index (κ1) is 109. The molecule has 143 heavy (non-hydrogen) atoms. The van der Waals surface area contributed by atoms with Gasteiger partial charge in [0.05, 0.1) is 106 Å². The van der Waals surface area contributed by atoms with Gasteiger partial charge in [0.1, 0.15) is 11.9 Å². The van der Waals surface area contributed by atoms with Crippen LogP contribution in [0.4, 0.5) is 4.39 Å². The number of nitrogens with two attached hydrogens (primary N) is 1. The third-order valence-electron chi connectivity index (χ3n) is 21.9. The number of methoxy groups -OCH3 is 3. The van der Waals surface area contributed by atoms with Gasteiger partial charge < -0.3 is 39.4 Å². The number of carbonyl (C=O) groups excluding carboxylic acids is 6. The Bertz CT molecular complexity index is 7310. The second-order valence-corrected chi connectivity index (χ2v) is 35.1. The van der Waals surface area contributed by atoms with Crippen LogP contribution < -0.4 is 39.1 Å². The molecule has 37 heteroatoms. The molecule has 0 aliphatic carbocycles. The minimum Gasteiger partial charge on any atom is -0.480 e. The summed E-state index contributed by atoms with van der Waals surface area (Å²) in [5.74, 6) is 23.8. The highest BCUT2D eigenvalue weighted by Gasteiger charge is 2.36. The van der Waals surface area contributed by atoms with E-state index in [1.54, 1.807) is 99.6 Å². The van der Waals surface area contributed by atoms with E-state index in [0.717, 1.165) is 63.0 Å². The van der Waals surface area contributed by atoms with Gasteiger partial charge in [0.2, 0.25) is 0 Å². The number of hydrazine groups is 1. The van der Waals surface area contributed by atoms with Crippen molar-refractivity contribution >= 4 is 128 Å². The summed E-state index contributed by atoms with van der Waals surface area (Å²) in [4.78, 5) is 146. The summed E-state index contributed by atoms with van der Waals surface area (Å²) in [6.45, 7) is 16.9. The number of H-pyrrole nitrogens is 5. The molecule has 0 radical (unpaired) electrons. The number of aliphatic carboxylic acids is 1. The van der Waals surface area contributed by atoms with Crippen molar-refractivity contribution in [1.82, 2.24) is 59.4 Å². The molecule has 0 aliphatic heterocycles. The fourth-order valence-corrected chi connectivity index (χ4v) is 15.5. The summed E-state index contributed by atoms with van der Waals surface area (Å²) in [6.07, 6.45) is -3.50. The number of hydroxylamine groups is 1. The lowest BCUT2D eigenvalue weighted by Crippen LogP contribution is -2.53. The number of nitrogens with one attached hydrogen (secondary N) is 6. The van der Waals surface area contributed by atoms with E-state index >= 15 is 0 Å². The van der Waals surface area contributed by atoms with E-state index in [9.17, 15) is 82.4 Å². The number of carboxylic acid groups (broad SMARTS) is 1. The van der Waals surface area contributed by atoms with E-state index < -0.39 is 119 Å². The molecule has 5 heterocycles. The molecule has 0 fully saturated rings. The number of carbonyl (C=O) groups is 7. The summed E-state index contributed by atoms with van der Waals surface area (Å²) in [5.41, 5.74) is 8.68. The Balaban J connectivity index is 0.000000177. The molecule has 0 aliphatic rings. The van der Waals surface area contributed by atoms with Gasteiger partial charge in [0.25, 0.3) is 39.6 Å². The fraction of sp³-hybridized carbons (Fsp3) is 0.245. The number of aliphatic hydroxyl groups is 3. The zero-order chi connectivity index (χ0) is 104. The van der Waals surface area contributed by atoms with Crippen LogP contribution in [0.5, 0.6) is 0 Å². The lowest BCUT2D eigenvalue weighted by molar-refractivity contribution is -0.150. The summed E-state index contributed by atoms with van der Waals surface area (Å²) < 4.78 is 40.1. The van der Waals surface area contributed by atoms with Crippen molar-refractivity contribution in [2.24, 2.45) is 23.6 Å². The van der Waals surface area contributed by atoms with E-state index in [2.05, 4.69) is 109 Å². The van der Waals surface area contributed by atoms with Gasteiger partial charge in [0, 0.05) is 53.5 Å². The first-order chi connectivity index (χ1) is 68.2. The van der Waals surface area contributed by atoms with Crippen molar-refractivity contribution in [1.29, 1.82) is 0 Å². The van der Waals surface area contributed by atoms with Crippen LogP contribution >= 0.6 is 31.9 Å². The number of aromatic nitrogens is 10. The first-order valence-corrected chi connectivity index (χ1v) is 46.1. The van der Waals surface area contributed by atoms with Crippen molar-refractivity contribution in [2.75, 3.05) is 27.9 Å². The van der Waals surface area contributed by atoms with Crippen molar-refractivity contribution in [3.05, 3.63) is 347 Å². The largest absolute Gasteiger partial charge is 0.480 e. The van der Waals surface area contributed by atoms with Crippen molar-refractivity contribution in [2.45, 2.75) is 124 Å². The average Bonchev–Trinajstić information content (AvgIpc) is 1.66. The second kappa shape index (κ2) is 50.6. The number of rotatable bonds is 20. The molecule has 15 aromatic rings. The molecule has 34 nitrogen and oxygen atoms in total. The van der Waals surface area contributed by atoms with E-state index in [-0.39, 0.29) is 41.0 Å². The number of fused-ring (bicyclic) bond motifs is 5. The molecule has 0 bridgehead atoms. The molecule has 6 unspecified atom stereocenters. The summed E-state index contributed by atoms with van der Waals surface area (Å²) in [5, 5.41) is 64.8. The summed E-state index contributed by atoms with van der Waals surface area (Å²) >= 11 is 6.46. The Kier molecular flexibility index (Phi) is 38.5. The molecular formula is C106H104Br2FN13O21. The van der Waals surface area contributed by atoms with Crippen LogP contribution in [0.25, 0.3) is 54.5 Å². The van der Waals surface area contributed by atoms with Crippen LogP contribution in [0.3, 0.4) is 0 Å².